The van der Waals surface area contributed by atoms with Crippen molar-refractivity contribution in [3.63, 3.8) is 0 Å². The van der Waals surface area contributed by atoms with E-state index >= 15 is 0 Å². The zero-order valence-corrected chi connectivity index (χ0v) is 13.6. The molecule has 3 nitrogen and oxygen atoms in total. The van der Waals surface area contributed by atoms with E-state index in [2.05, 4.69) is 30.7 Å². The molecule has 2 rings (SSSR count). The molecule has 0 unspecified atom stereocenters. The van der Waals surface area contributed by atoms with Gasteiger partial charge in [0.05, 0.1) is 6.61 Å². The molecule has 0 aliphatic heterocycles. The van der Waals surface area contributed by atoms with Crippen molar-refractivity contribution in [2.24, 2.45) is 11.8 Å². The van der Waals surface area contributed by atoms with Gasteiger partial charge in [0, 0.05) is 29.6 Å². The molecule has 22 heavy (non-hydrogen) atoms. The van der Waals surface area contributed by atoms with Crippen LogP contribution in [0.5, 0.6) is 5.88 Å². The summed E-state index contributed by atoms with van der Waals surface area (Å²) in [5.74, 6) is 1.32. The molecule has 118 valence electrons. The molecular weight excluding hydrogens is 279 g/mol. The number of ether oxygens (including phenoxy) is 1. The predicted molar refractivity (Wildman–Crippen MR) is 86.3 cm³/mol. The zero-order chi connectivity index (χ0) is 16.1. The van der Waals surface area contributed by atoms with Crippen LogP contribution in [0.3, 0.4) is 0 Å². The summed E-state index contributed by atoms with van der Waals surface area (Å²) in [5, 5.41) is 0. The quantitative estimate of drug-likeness (QED) is 0.728. The van der Waals surface area contributed by atoms with Crippen LogP contribution in [0, 0.1) is 24.7 Å². The van der Waals surface area contributed by atoms with Crippen LogP contribution in [0.2, 0.25) is 0 Å². The van der Waals surface area contributed by atoms with Crippen LogP contribution in [0.1, 0.15) is 32.8 Å². The maximum atomic E-state index is 13.2. The van der Waals surface area contributed by atoms with Crippen LogP contribution in [-0.4, -0.2) is 16.6 Å². The Morgan fingerprint density at radius 2 is 1.91 bits per heavy atom. The van der Waals surface area contributed by atoms with Crippen molar-refractivity contribution in [1.82, 2.24) is 9.97 Å². The standard InChI is InChI=1S/C18H23FN2O/c1-12(2)7-13(3)11-22-18-14(4)8-16(10-21-18)15-5-6-20-17(19)9-15/h5-6,8-10,12-13H,7,11H2,1-4H3/t13-/m1/s1. The lowest BCUT2D eigenvalue weighted by atomic mass is 10.00. The summed E-state index contributed by atoms with van der Waals surface area (Å²) in [5.41, 5.74) is 2.58. The van der Waals surface area contributed by atoms with Crippen LogP contribution in [-0.2, 0) is 0 Å². The van der Waals surface area contributed by atoms with E-state index < -0.39 is 5.95 Å². The molecule has 0 aliphatic rings. The average Bonchev–Trinajstić information content (AvgIpc) is 2.45. The molecule has 0 N–H and O–H groups in total. The molecule has 0 amide bonds. The Morgan fingerprint density at radius 1 is 1.14 bits per heavy atom. The summed E-state index contributed by atoms with van der Waals surface area (Å²) >= 11 is 0. The highest BCUT2D eigenvalue weighted by atomic mass is 19.1. The van der Waals surface area contributed by atoms with Gasteiger partial charge in [0.25, 0.3) is 0 Å². The van der Waals surface area contributed by atoms with Gasteiger partial charge in [0.15, 0.2) is 0 Å². The van der Waals surface area contributed by atoms with Gasteiger partial charge < -0.3 is 4.74 Å². The van der Waals surface area contributed by atoms with Crippen molar-refractivity contribution in [3.8, 4) is 17.0 Å². The summed E-state index contributed by atoms with van der Waals surface area (Å²) in [7, 11) is 0. The SMILES string of the molecule is Cc1cc(-c2ccnc(F)c2)cnc1OC[C@H](C)CC(C)C. The molecule has 0 radical (unpaired) electrons. The van der Waals surface area contributed by atoms with Gasteiger partial charge in [-0.2, -0.15) is 4.39 Å². The van der Waals surface area contributed by atoms with Crippen LogP contribution in [0.4, 0.5) is 4.39 Å². The summed E-state index contributed by atoms with van der Waals surface area (Å²) in [6.45, 7) is 9.22. The number of rotatable bonds is 6. The fourth-order valence-electron chi connectivity index (χ4n) is 2.55. The lowest BCUT2D eigenvalue weighted by Crippen LogP contribution is -2.12. The third kappa shape index (κ3) is 4.52. The second-order valence-electron chi connectivity index (χ2n) is 6.26. The van der Waals surface area contributed by atoms with Crippen LogP contribution in [0.25, 0.3) is 11.1 Å². The topological polar surface area (TPSA) is 35.0 Å². The van der Waals surface area contributed by atoms with Gasteiger partial charge in [-0.25, -0.2) is 9.97 Å². The minimum absolute atomic E-state index is 0.488. The van der Waals surface area contributed by atoms with E-state index in [-0.39, 0.29) is 0 Å². The lowest BCUT2D eigenvalue weighted by Gasteiger charge is -2.16. The average molecular weight is 302 g/mol. The number of pyridine rings is 2. The van der Waals surface area contributed by atoms with Gasteiger partial charge in [-0.1, -0.05) is 20.8 Å². The maximum absolute atomic E-state index is 13.2. The summed E-state index contributed by atoms with van der Waals surface area (Å²) in [6, 6.07) is 5.14. The van der Waals surface area contributed by atoms with E-state index in [1.54, 1.807) is 12.3 Å². The molecule has 2 heterocycles. The molecule has 0 fully saturated rings. The Hall–Kier alpha value is -1.97. The summed E-state index contributed by atoms with van der Waals surface area (Å²) in [6.07, 6.45) is 4.30. The molecule has 0 aliphatic carbocycles. The number of aryl methyl sites for hydroxylation is 1. The predicted octanol–water partition coefficient (Wildman–Crippen LogP) is 4.65. The molecule has 0 saturated heterocycles. The van der Waals surface area contributed by atoms with E-state index in [9.17, 15) is 4.39 Å². The Labute approximate surface area is 131 Å². The molecule has 2 aromatic heterocycles. The number of hydrogen-bond acceptors (Lipinski definition) is 3. The Kier molecular flexibility index (Phi) is 5.47. The molecule has 0 spiro atoms. The van der Waals surface area contributed by atoms with E-state index in [1.807, 2.05) is 13.0 Å². The maximum Gasteiger partial charge on any atom is 0.216 e. The van der Waals surface area contributed by atoms with Crippen LogP contribution >= 0.6 is 0 Å². The molecule has 4 heteroatoms. The van der Waals surface area contributed by atoms with Crippen molar-refractivity contribution >= 4 is 0 Å². The lowest BCUT2D eigenvalue weighted by molar-refractivity contribution is 0.230. The minimum atomic E-state index is -0.488. The van der Waals surface area contributed by atoms with E-state index in [0.717, 1.165) is 23.1 Å². The van der Waals surface area contributed by atoms with E-state index in [0.29, 0.717) is 24.3 Å². The first-order valence-electron chi connectivity index (χ1n) is 7.67. The highest BCUT2D eigenvalue weighted by Crippen LogP contribution is 2.24. The van der Waals surface area contributed by atoms with E-state index in [4.69, 9.17) is 4.74 Å². The highest BCUT2D eigenvalue weighted by molar-refractivity contribution is 5.63. The van der Waals surface area contributed by atoms with Gasteiger partial charge in [0.2, 0.25) is 11.8 Å². The van der Waals surface area contributed by atoms with Crippen molar-refractivity contribution in [3.05, 3.63) is 42.1 Å². The van der Waals surface area contributed by atoms with E-state index in [1.165, 1.54) is 12.3 Å². The first-order valence-corrected chi connectivity index (χ1v) is 7.67. The zero-order valence-electron chi connectivity index (χ0n) is 13.6. The molecular formula is C18H23FN2O. The van der Waals surface area contributed by atoms with Crippen molar-refractivity contribution in [1.29, 1.82) is 0 Å². The Balaban J connectivity index is 2.07. The smallest absolute Gasteiger partial charge is 0.216 e. The molecule has 0 aromatic carbocycles. The fraction of sp³-hybridized carbons (Fsp3) is 0.444. The monoisotopic (exact) mass is 302 g/mol. The first-order chi connectivity index (χ1) is 10.5. The van der Waals surface area contributed by atoms with Gasteiger partial charge in [0.1, 0.15) is 0 Å². The Morgan fingerprint density at radius 3 is 2.55 bits per heavy atom. The molecule has 0 saturated carbocycles. The van der Waals surface area contributed by atoms with Gasteiger partial charge in [-0.05, 0) is 42.9 Å². The second-order valence-corrected chi connectivity index (χ2v) is 6.26. The third-order valence-electron chi connectivity index (χ3n) is 3.47. The van der Waals surface area contributed by atoms with Crippen LogP contribution < -0.4 is 4.74 Å². The second kappa shape index (κ2) is 7.34. The minimum Gasteiger partial charge on any atom is -0.477 e. The highest BCUT2D eigenvalue weighted by Gasteiger charge is 2.09. The third-order valence-corrected chi connectivity index (χ3v) is 3.47. The van der Waals surface area contributed by atoms with Gasteiger partial charge in [-0.3, -0.25) is 0 Å². The molecule has 2 aromatic rings. The number of nitrogens with zero attached hydrogens (tertiary/aromatic N) is 2. The summed E-state index contributed by atoms with van der Waals surface area (Å²) < 4.78 is 19.0. The van der Waals surface area contributed by atoms with Crippen molar-refractivity contribution < 1.29 is 9.13 Å². The normalized spacial score (nSPS) is 12.5. The van der Waals surface area contributed by atoms with Crippen molar-refractivity contribution in [2.75, 3.05) is 6.61 Å². The molecule has 1 atom stereocenters. The number of aromatic nitrogens is 2. The first kappa shape index (κ1) is 16.4. The Bertz CT molecular complexity index is 628. The van der Waals surface area contributed by atoms with Gasteiger partial charge >= 0.3 is 0 Å². The molecule has 0 bridgehead atoms. The van der Waals surface area contributed by atoms with Gasteiger partial charge in [-0.15, -0.1) is 0 Å². The number of halogens is 1. The number of hydrogen-bond donors (Lipinski definition) is 0. The van der Waals surface area contributed by atoms with Crippen molar-refractivity contribution in [2.45, 2.75) is 34.1 Å². The summed E-state index contributed by atoms with van der Waals surface area (Å²) in [4.78, 5) is 7.94. The largest absolute Gasteiger partial charge is 0.477 e. The van der Waals surface area contributed by atoms with Crippen LogP contribution in [0.15, 0.2) is 30.6 Å². The fourth-order valence-corrected chi connectivity index (χ4v) is 2.55.